The summed E-state index contributed by atoms with van der Waals surface area (Å²) in [4.78, 5) is 14.6. The molecule has 0 saturated carbocycles. The third-order valence-electron chi connectivity index (χ3n) is 3.90. The van der Waals surface area contributed by atoms with E-state index in [1.807, 2.05) is 53.4 Å². The lowest BCUT2D eigenvalue weighted by Gasteiger charge is -2.25. The fraction of sp³-hybridized carbons (Fsp3) is 0.278. The zero-order valence-corrected chi connectivity index (χ0v) is 14.4. The topological polar surface area (TPSA) is 29.5 Å². The Morgan fingerprint density at radius 1 is 1.26 bits per heavy atom. The summed E-state index contributed by atoms with van der Waals surface area (Å²) in [6, 6.07) is 15.4. The average Bonchev–Trinajstić information content (AvgIpc) is 3.05. The highest BCUT2D eigenvalue weighted by Gasteiger charge is 2.31. The first-order valence-electron chi connectivity index (χ1n) is 7.47. The van der Waals surface area contributed by atoms with Crippen LogP contribution >= 0.6 is 23.4 Å². The molecule has 0 radical (unpaired) electrons. The molecule has 0 N–H and O–H groups in total. The Morgan fingerprint density at radius 3 is 2.70 bits per heavy atom. The van der Waals surface area contributed by atoms with Crippen LogP contribution in [0.1, 0.15) is 16.5 Å². The number of thioether (sulfide) groups is 1. The van der Waals surface area contributed by atoms with Crippen molar-refractivity contribution in [2.75, 3.05) is 19.4 Å². The molecule has 1 aliphatic rings. The highest BCUT2D eigenvalue weighted by molar-refractivity contribution is 7.99. The number of halogens is 1. The fourth-order valence-electron chi connectivity index (χ4n) is 2.68. The Kier molecular flexibility index (Phi) is 5.13. The van der Waals surface area contributed by atoms with Gasteiger partial charge in [-0.25, -0.2) is 0 Å². The first-order chi connectivity index (χ1) is 11.2. The van der Waals surface area contributed by atoms with Gasteiger partial charge in [-0.3, -0.25) is 4.79 Å². The van der Waals surface area contributed by atoms with E-state index in [1.165, 1.54) is 0 Å². The van der Waals surface area contributed by atoms with Crippen LogP contribution < -0.4 is 4.74 Å². The van der Waals surface area contributed by atoms with Crippen LogP contribution in [-0.4, -0.2) is 30.2 Å². The Bertz CT molecular complexity index is 690. The van der Waals surface area contributed by atoms with E-state index in [4.69, 9.17) is 16.3 Å². The molecule has 1 atom stereocenters. The Balaban J connectivity index is 1.74. The summed E-state index contributed by atoms with van der Waals surface area (Å²) in [6.07, 6.45) is 0.394. The predicted octanol–water partition coefficient (Wildman–Crippen LogP) is 4.17. The van der Waals surface area contributed by atoms with Crippen molar-refractivity contribution < 1.29 is 9.53 Å². The van der Waals surface area contributed by atoms with Gasteiger partial charge in [0, 0.05) is 22.9 Å². The first-order valence-corrected chi connectivity index (χ1v) is 8.90. The molecule has 1 aliphatic heterocycles. The first kappa shape index (κ1) is 16.2. The summed E-state index contributed by atoms with van der Waals surface area (Å²) < 4.78 is 5.15. The van der Waals surface area contributed by atoms with Gasteiger partial charge in [0.25, 0.3) is 0 Å². The van der Waals surface area contributed by atoms with Gasteiger partial charge in [-0.2, -0.15) is 0 Å². The number of carbonyl (C=O) groups is 1. The maximum atomic E-state index is 12.7. The number of carbonyl (C=O) groups excluding carboxylic acids is 1. The van der Waals surface area contributed by atoms with Gasteiger partial charge in [0.05, 0.1) is 13.5 Å². The van der Waals surface area contributed by atoms with Gasteiger partial charge in [-0.05, 0) is 23.8 Å². The van der Waals surface area contributed by atoms with Crippen LogP contribution in [0.4, 0.5) is 0 Å². The summed E-state index contributed by atoms with van der Waals surface area (Å²) >= 11 is 8.07. The zero-order valence-electron chi connectivity index (χ0n) is 12.9. The minimum Gasteiger partial charge on any atom is -0.497 e. The zero-order chi connectivity index (χ0) is 16.2. The molecule has 3 rings (SSSR count). The van der Waals surface area contributed by atoms with Gasteiger partial charge in [-0.1, -0.05) is 41.9 Å². The van der Waals surface area contributed by atoms with E-state index in [-0.39, 0.29) is 11.3 Å². The molecule has 120 valence electrons. The van der Waals surface area contributed by atoms with E-state index in [9.17, 15) is 4.79 Å². The largest absolute Gasteiger partial charge is 0.497 e. The lowest BCUT2D eigenvalue weighted by molar-refractivity contribution is -0.130. The SMILES string of the molecule is COc1ccc(CC(=O)N2CCSC2c2ccccc2Cl)cc1. The third-order valence-corrected chi connectivity index (χ3v) is 5.48. The minimum atomic E-state index is 0.00875. The quantitative estimate of drug-likeness (QED) is 0.831. The molecule has 0 spiro atoms. The van der Waals surface area contributed by atoms with E-state index in [2.05, 4.69) is 0 Å². The number of nitrogens with zero attached hydrogens (tertiary/aromatic N) is 1. The molecule has 2 aromatic carbocycles. The van der Waals surface area contributed by atoms with Crippen molar-refractivity contribution in [2.24, 2.45) is 0 Å². The minimum absolute atomic E-state index is 0.00875. The Hall–Kier alpha value is -1.65. The van der Waals surface area contributed by atoms with Crippen LogP contribution in [0.2, 0.25) is 5.02 Å². The number of ether oxygens (including phenoxy) is 1. The molecular formula is C18H18ClNO2S. The van der Waals surface area contributed by atoms with E-state index in [0.29, 0.717) is 11.4 Å². The fourth-order valence-corrected chi connectivity index (χ4v) is 4.30. The maximum absolute atomic E-state index is 12.7. The van der Waals surface area contributed by atoms with Crippen molar-refractivity contribution in [3.05, 3.63) is 64.7 Å². The smallest absolute Gasteiger partial charge is 0.228 e. The van der Waals surface area contributed by atoms with Crippen LogP contribution in [0.3, 0.4) is 0 Å². The van der Waals surface area contributed by atoms with E-state index < -0.39 is 0 Å². The van der Waals surface area contributed by atoms with Gasteiger partial charge in [0.15, 0.2) is 0 Å². The molecule has 0 bridgehead atoms. The van der Waals surface area contributed by atoms with Crippen molar-refractivity contribution in [3.8, 4) is 5.75 Å². The van der Waals surface area contributed by atoms with Crippen molar-refractivity contribution in [1.82, 2.24) is 4.90 Å². The van der Waals surface area contributed by atoms with Crippen molar-refractivity contribution in [3.63, 3.8) is 0 Å². The molecule has 1 fully saturated rings. The monoisotopic (exact) mass is 347 g/mol. The summed E-state index contributed by atoms with van der Waals surface area (Å²) in [5.41, 5.74) is 2.00. The highest BCUT2D eigenvalue weighted by atomic mass is 35.5. The molecule has 1 unspecified atom stereocenters. The highest BCUT2D eigenvalue weighted by Crippen LogP contribution is 2.40. The molecule has 23 heavy (non-hydrogen) atoms. The molecule has 1 heterocycles. The van der Waals surface area contributed by atoms with Crippen LogP contribution in [-0.2, 0) is 11.2 Å². The molecule has 5 heteroatoms. The molecule has 0 aliphatic carbocycles. The van der Waals surface area contributed by atoms with Crippen LogP contribution in [0.25, 0.3) is 0 Å². The van der Waals surface area contributed by atoms with E-state index in [0.717, 1.165) is 29.2 Å². The summed E-state index contributed by atoms with van der Waals surface area (Å²) in [7, 11) is 1.63. The molecular weight excluding hydrogens is 330 g/mol. The van der Waals surface area contributed by atoms with Crippen LogP contribution in [0.15, 0.2) is 48.5 Å². The summed E-state index contributed by atoms with van der Waals surface area (Å²) in [5, 5.41) is 0.726. The molecule has 3 nitrogen and oxygen atoms in total. The van der Waals surface area contributed by atoms with Gasteiger partial charge < -0.3 is 9.64 Å². The molecule has 1 amide bonds. The number of hydrogen-bond donors (Lipinski definition) is 0. The summed E-state index contributed by atoms with van der Waals surface area (Å²) in [6.45, 7) is 0.759. The van der Waals surface area contributed by atoms with Crippen molar-refractivity contribution in [2.45, 2.75) is 11.8 Å². The number of amides is 1. The van der Waals surface area contributed by atoms with Crippen LogP contribution in [0.5, 0.6) is 5.75 Å². The lowest BCUT2D eigenvalue weighted by atomic mass is 10.1. The number of benzene rings is 2. The molecule has 2 aromatic rings. The van der Waals surface area contributed by atoms with E-state index >= 15 is 0 Å². The standard InChI is InChI=1S/C18H18ClNO2S/c1-22-14-8-6-13(7-9-14)12-17(21)20-10-11-23-18(20)15-4-2-3-5-16(15)19/h2-9,18H,10-12H2,1H3. The van der Waals surface area contributed by atoms with Crippen molar-refractivity contribution in [1.29, 1.82) is 0 Å². The number of rotatable bonds is 4. The van der Waals surface area contributed by atoms with E-state index in [1.54, 1.807) is 18.9 Å². The van der Waals surface area contributed by atoms with Gasteiger partial charge in [-0.15, -0.1) is 11.8 Å². The predicted molar refractivity (Wildman–Crippen MR) is 95.1 cm³/mol. The number of methoxy groups -OCH3 is 1. The molecule has 1 saturated heterocycles. The summed E-state index contributed by atoms with van der Waals surface area (Å²) in [5.74, 6) is 1.86. The van der Waals surface area contributed by atoms with Gasteiger partial charge in [0.1, 0.15) is 11.1 Å². The van der Waals surface area contributed by atoms with Gasteiger partial charge in [0.2, 0.25) is 5.91 Å². The normalized spacial score (nSPS) is 17.3. The second kappa shape index (κ2) is 7.28. The van der Waals surface area contributed by atoms with Crippen molar-refractivity contribution >= 4 is 29.3 Å². The third kappa shape index (κ3) is 3.65. The number of hydrogen-bond acceptors (Lipinski definition) is 3. The second-order valence-electron chi connectivity index (χ2n) is 5.36. The van der Waals surface area contributed by atoms with Gasteiger partial charge >= 0.3 is 0 Å². The maximum Gasteiger partial charge on any atom is 0.228 e. The Morgan fingerprint density at radius 2 is 2.00 bits per heavy atom. The average molecular weight is 348 g/mol. The van der Waals surface area contributed by atoms with Crippen LogP contribution in [0, 0.1) is 0 Å². The Labute approximate surface area is 145 Å². The second-order valence-corrected chi connectivity index (χ2v) is 6.95. The molecule has 0 aromatic heterocycles. The lowest BCUT2D eigenvalue weighted by Crippen LogP contribution is -2.31.